The van der Waals surface area contributed by atoms with Crippen LogP contribution in [0.4, 0.5) is 11.4 Å². The Hall–Kier alpha value is -1.98. The van der Waals surface area contributed by atoms with E-state index in [2.05, 4.69) is 38.1 Å². The molecule has 0 aliphatic rings. The number of nitrogens with zero attached hydrogens (tertiary/aromatic N) is 2. The van der Waals surface area contributed by atoms with Gasteiger partial charge < -0.3 is 4.90 Å². The average molecular weight is 271 g/mol. The fraction of sp³-hybridized carbons (Fsp3) is 0.188. The van der Waals surface area contributed by atoms with Gasteiger partial charge in [0.15, 0.2) is 0 Å². The third-order valence-corrected chi connectivity index (χ3v) is 3.27. The maximum atomic E-state index is 9.19. The summed E-state index contributed by atoms with van der Waals surface area (Å²) in [7, 11) is 1.95. The van der Waals surface area contributed by atoms with Gasteiger partial charge in [-0.3, -0.25) is 0 Å². The van der Waals surface area contributed by atoms with Gasteiger partial charge in [-0.15, -0.1) is 0 Å². The minimum Gasteiger partial charge on any atom is -0.343 e. The van der Waals surface area contributed by atoms with Crippen LogP contribution in [-0.4, -0.2) is 7.05 Å². The highest BCUT2D eigenvalue weighted by atomic mass is 35.5. The van der Waals surface area contributed by atoms with E-state index in [1.807, 2.05) is 18.0 Å². The molecule has 0 aromatic heterocycles. The quantitative estimate of drug-likeness (QED) is 0.798. The molecule has 0 amide bonds. The molecule has 2 aromatic rings. The van der Waals surface area contributed by atoms with E-state index in [0.717, 1.165) is 11.4 Å². The molecular weight excluding hydrogens is 256 g/mol. The third kappa shape index (κ3) is 2.89. The highest BCUT2D eigenvalue weighted by Gasteiger charge is 2.10. The molecule has 0 heterocycles. The van der Waals surface area contributed by atoms with Gasteiger partial charge in [-0.2, -0.15) is 5.26 Å². The predicted octanol–water partition coefficient (Wildman–Crippen LogP) is 4.60. The van der Waals surface area contributed by atoms with Gasteiger partial charge in [-0.25, -0.2) is 0 Å². The minimum absolute atomic E-state index is 0.617. The van der Waals surface area contributed by atoms with Crippen molar-refractivity contribution in [3.8, 4) is 6.07 Å². The van der Waals surface area contributed by atoms with Crippen molar-refractivity contribution in [1.82, 2.24) is 0 Å². The van der Waals surface area contributed by atoms with E-state index in [1.165, 1.54) is 11.1 Å². The standard InChI is InChI=1S/C16H15ClN2/c1-11-6-12(2)8-15(7-11)19(3)16-9-14(17)5-4-13(16)10-18/h4-9H,1-3H3. The monoisotopic (exact) mass is 270 g/mol. The van der Waals surface area contributed by atoms with E-state index in [-0.39, 0.29) is 0 Å². The van der Waals surface area contributed by atoms with Crippen molar-refractivity contribution in [1.29, 1.82) is 5.26 Å². The normalized spacial score (nSPS) is 10.1. The lowest BCUT2D eigenvalue weighted by Crippen LogP contribution is -2.11. The fourth-order valence-corrected chi connectivity index (χ4v) is 2.33. The second kappa shape index (κ2) is 5.34. The number of aryl methyl sites for hydroxylation is 2. The van der Waals surface area contributed by atoms with Gasteiger partial charge in [0.1, 0.15) is 6.07 Å². The SMILES string of the molecule is Cc1cc(C)cc(N(C)c2cc(Cl)ccc2C#N)c1. The van der Waals surface area contributed by atoms with Crippen LogP contribution >= 0.6 is 11.6 Å². The Morgan fingerprint density at radius 1 is 1.05 bits per heavy atom. The van der Waals surface area contributed by atoms with Crippen LogP contribution in [0.3, 0.4) is 0 Å². The molecule has 0 fully saturated rings. The zero-order valence-corrected chi connectivity index (χ0v) is 12.0. The second-order valence-corrected chi connectivity index (χ2v) is 5.11. The maximum absolute atomic E-state index is 9.19. The molecule has 2 aromatic carbocycles. The summed E-state index contributed by atoms with van der Waals surface area (Å²) in [5.74, 6) is 0. The first-order valence-electron chi connectivity index (χ1n) is 6.03. The van der Waals surface area contributed by atoms with Crippen LogP contribution in [0.2, 0.25) is 5.02 Å². The summed E-state index contributed by atoms with van der Waals surface area (Å²) in [6.07, 6.45) is 0. The number of benzene rings is 2. The largest absolute Gasteiger partial charge is 0.343 e. The summed E-state index contributed by atoms with van der Waals surface area (Å²) in [5.41, 5.74) is 4.88. The van der Waals surface area contributed by atoms with Gasteiger partial charge in [-0.1, -0.05) is 17.7 Å². The molecular formula is C16H15ClN2. The van der Waals surface area contributed by atoms with E-state index < -0.39 is 0 Å². The van der Waals surface area contributed by atoms with Crippen LogP contribution in [0.15, 0.2) is 36.4 Å². The summed E-state index contributed by atoms with van der Waals surface area (Å²) >= 11 is 6.03. The van der Waals surface area contributed by atoms with Crippen LogP contribution in [0.1, 0.15) is 16.7 Å². The van der Waals surface area contributed by atoms with Crippen LogP contribution < -0.4 is 4.90 Å². The third-order valence-electron chi connectivity index (χ3n) is 3.04. The minimum atomic E-state index is 0.617. The summed E-state index contributed by atoms with van der Waals surface area (Å²) in [4.78, 5) is 1.99. The van der Waals surface area contributed by atoms with Gasteiger partial charge in [0.25, 0.3) is 0 Å². The molecule has 2 nitrogen and oxygen atoms in total. The van der Waals surface area contributed by atoms with Gasteiger partial charge in [0.2, 0.25) is 0 Å². The lowest BCUT2D eigenvalue weighted by molar-refractivity contribution is 1.18. The van der Waals surface area contributed by atoms with Crippen molar-refractivity contribution >= 4 is 23.0 Å². The van der Waals surface area contributed by atoms with Crippen molar-refractivity contribution in [3.05, 3.63) is 58.1 Å². The molecule has 0 N–H and O–H groups in total. The molecule has 2 rings (SSSR count). The Labute approximate surface area is 118 Å². The first-order chi connectivity index (χ1) is 9.01. The molecule has 0 atom stereocenters. The van der Waals surface area contributed by atoms with E-state index >= 15 is 0 Å². The molecule has 0 bridgehead atoms. The highest BCUT2D eigenvalue weighted by Crippen LogP contribution is 2.30. The Morgan fingerprint density at radius 2 is 1.68 bits per heavy atom. The van der Waals surface area contributed by atoms with Crippen LogP contribution in [-0.2, 0) is 0 Å². The Kier molecular flexibility index (Phi) is 3.78. The molecule has 96 valence electrons. The topological polar surface area (TPSA) is 27.0 Å². The van der Waals surface area contributed by atoms with Crippen LogP contribution in [0.5, 0.6) is 0 Å². The molecule has 0 spiro atoms. The second-order valence-electron chi connectivity index (χ2n) is 4.68. The first kappa shape index (κ1) is 13.5. The van der Waals surface area contributed by atoms with Gasteiger partial charge in [-0.05, 0) is 55.3 Å². The summed E-state index contributed by atoms with van der Waals surface area (Å²) in [5, 5.41) is 9.82. The Balaban J connectivity index is 2.52. The van der Waals surface area contributed by atoms with Gasteiger partial charge >= 0.3 is 0 Å². The number of hydrogen-bond acceptors (Lipinski definition) is 2. The zero-order chi connectivity index (χ0) is 14.0. The summed E-state index contributed by atoms with van der Waals surface area (Å²) in [6.45, 7) is 4.13. The molecule has 19 heavy (non-hydrogen) atoms. The summed E-state index contributed by atoms with van der Waals surface area (Å²) in [6, 6.07) is 13.8. The smallest absolute Gasteiger partial charge is 0.101 e. The van der Waals surface area contributed by atoms with Crippen molar-refractivity contribution in [2.75, 3.05) is 11.9 Å². The Morgan fingerprint density at radius 3 is 2.26 bits per heavy atom. The number of nitriles is 1. The van der Waals surface area contributed by atoms with Gasteiger partial charge in [0, 0.05) is 17.8 Å². The highest BCUT2D eigenvalue weighted by molar-refractivity contribution is 6.30. The summed E-state index contributed by atoms with van der Waals surface area (Å²) < 4.78 is 0. The lowest BCUT2D eigenvalue weighted by atomic mass is 10.1. The van der Waals surface area contributed by atoms with E-state index in [4.69, 9.17) is 11.6 Å². The maximum Gasteiger partial charge on any atom is 0.101 e. The van der Waals surface area contributed by atoms with E-state index in [1.54, 1.807) is 12.1 Å². The van der Waals surface area contributed by atoms with Crippen molar-refractivity contribution < 1.29 is 0 Å². The predicted molar refractivity (Wildman–Crippen MR) is 80.1 cm³/mol. The van der Waals surface area contributed by atoms with E-state index in [0.29, 0.717) is 10.6 Å². The number of rotatable bonds is 2. The first-order valence-corrected chi connectivity index (χ1v) is 6.41. The van der Waals surface area contributed by atoms with Crippen LogP contribution in [0.25, 0.3) is 0 Å². The number of halogens is 1. The molecule has 0 saturated carbocycles. The van der Waals surface area contributed by atoms with Crippen LogP contribution in [0, 0.1) is 25.2 Å². The van der Waals surface area contributed by atoms with E-state index in [9.17, 15) is 5.26 Å². The fourth-order valence-electron chi connectivity index (χ4n) is 2.16. The average Bonchev–Trinajstić information content (AvgIpc) is 2.36. The lowest BCUT2D eigenvalue weighted by Gasteiger charge is -2.22. The molecule has 0 unspecified atom stereocenters. The molecule has 3 heteroatoms. The van der Waals surface area contributed by atoms with Gasteiger partial charge in [0.05, 0.1) is 11.3 Å². The number of anilines is 2. The molecule has 0 saturated heterocycles. The molecule has 0 radical (unpaired) electrons. The number of hydrogen-bond donors (Lipinski definition) is 0. The molecule has 0 aliphatic heterocycles. The van der Waals surface area contributed by atoms with Crippen molar-refractivity contribution in [2.24, 2.45) is 0 Å². The van der Waals surface area contributed by atoms with Crippen molar-refractivity contribution in [3.63, 3.8) is 0 Å². The van der Waals surface area contributed by atoms with Crippen molar-refractivity contribution in [2.45, 2.75) is 13.8 Å². The zero-order valence-electron chi connectivity index (χ0n) is 11.2. The molecule has 0 aliphatic carbocycles. The Bertz CT molecular complexity index is 636.